The second kappa shape index (κ2) is 7.17. The van der Waals surface area contributed by atoms with Crippen LogP contribution < -0.4 is 0 Å². The molecule has 13 heavy (non-hydrogen) atoms. The van der Waals surface area contributed by atoms with E-state index in [1.54, 1.807) is 0 Å². The summed E-state index contributed by atoms with van der Waals surface area (Å²) in [5.74, 6) is 2.47. The van der Waals surface area contributed by atoms with E-state index < -0.39 is 0 Å². The Labute approximate surface area is 84.4 Å². The SMILES string of the molecule is CC=CC(C)C(C)CC(C)CCC. The van der Waals surface area contributed by atoms with Crippen molar-refractivity contribution >= 4 is 0 Å². The molecule has 0 saturated heterocycles. The van der Waals surface area contributed by atoms with Crippen molar-refractivity contribution in [2.45, 2.75) is 53.9 Å². The first-order valence-electron chi connectivity index (χ1n) is 5.74. The van der Waals surface area contributed by atoms with Gasteiger partial charge in [0.25, 0.3) is 0 Å². The van der Waals surface area contributed by atoms with E-state index in [9.17, 15) is 0 Å². The lowest BCUT2D eigenvalue weighted by atomic mass is 9.86. The molecule has 0 aromatic rings. The first-order chi connectivity index (χ1) is 6.11. The average Bonchev–Trinajstić information content (AvgIpc) is 2.05. The minimum absolute atomic E-state index is 0.740. The monoisotopic (exact) mass is 182 g/mol. The van der Waals surface area contributed by atoms with Crippen molar-refractivity contribution in [2.75, 3.05) is 0 Å². The lowest BCUT2D eigenvalue weighted by Gasteiger charge is -2.20. The van der Waals surface area contributed by atoms with Crippen LogP contribution >= 0.6 is 0 Å². The number of hydrogen-bond acceptors (Lipinski definition) is 0. The Kier molecular flexibility index (Phi) is 7.03. The maximum atomic E-state index is 2.38. The zero-order valence-electron chi connectivity index (χ0n) is 10.0. The second-order valence-corrected chi connectivity index (χ2v) is 4.49. The zero-order valence-corrected chi connectivity index (χ0v) is 10.0. The predicted octanol–water partition coefficient (Wildman–Crippen LogP) is 4.66. The fraction of sp³-hybridized carbons (Fsp3) is 0.846. The maximum absolute atomic E-state index is 2.38. The summed E-state index contributed by atoms with van der Waals surface area (Å²) in [4.78, 5) is 0. The van der Waals surface area contributed by atoms with Crippen LogP contribution in [0.2, 0.25) is 0 Å². The molecule has 0 spiro atoms. The predicted molar refractivity (Wildman–Crippen MR) is 61.8 cm³/mol. The van der Waals surface area contributed by atoms with E-state index in [-0.39, 0.29) is 0 Å². The Hall–Kier alpha value is -0.260. The van der Waals surface area contributed by atoms with Gasteiger partial charge in [0.2, 0.25) is 0 Å². The molecule has 0 aromatic carbocycles. The van der Waals surface area contributed by atoms with Gasteiger partial charge < -0.3 is 0 Å². The molecule has 0 aromatic heterocycles. The number of rotatable bonds is 6. The van der Waals surface area contributed by atoms with Gasteiger partial charge in [0, 0.05) is 0 Å². The lowest BCUT2D eigenvalue weighted by Crippen LogP contribution is -2.09. The molecule has 0 radical (unpaired) electrons. The molecule has 0 fully saturated rings. The van der Waals surface area contributed by atoms with Gasteiger partial charge in [-0.2, -0.15) is 0 Å². The van der Waals surface area contributed by atoms with Gasteiger partial charge in [-0.3, -0.25) is 0 Å². The molecule has 0 aliphatic carbocycles. The van der Waals surface area contributed by atoms with Crippen molar-refractivity contribution in [3.05, 3.63) is 12.2 Å². The van der Waals surface area contributed by atoms with Gasteiger partial charge in [0.15, 0.2) is 0 Å². The summed E-state index contributed by atoms with van der Waals surface area (Å²) in [5.41, 5.74) is 0. The average molecular weight is 182 g/mol. The summed E-state index contributed by atoms with van der Waals surface area (Å²) >= 11 is 0. The van der Waals surface area contributed by atoms with Gasteiger partial charge in [-0.25, -0.2) is 0 Å². The van der Waals surface area contributed by atoms with Crippen molar-refractivity contribution in [2.24, 2.45) is 17.8 Å². The Morgan fingerprint density at radius 1 is 1.15 bits per heavy atom. The molecule has 0 aliphatic rings. The van der Waals surface area contributed by atoms with E-state index in [0.717, 1.165) is 17.8 Å². The Morgan fingerprint density at radius 3 is 2.23 bits per heavy atom. The van der Waals surface area contributed by atoms with Gasteiger partial charge in [-0.1, -0.05) is 52.7 Å². The smallest absolute Gasteiger partial charge is 0.0236 e. The normalized spacial score (nSPS) is 18.8. The van der Waals surface area contributed by atoms with Crippen LogP contribution in [-0.2, 0) is 0 Å². The summed E-state index contributed by atoms with van der Waals surface area (Å²) in [6.07, 6.45) is 8.58. The number of hydrogen-bond donors (Lipinski definition) is 0. The van der Waals surface area contributed by atoms with Crippen LogP contribution in [0.1, 0.15) is 53.9 Å². The lowest BCUT2D eigenvalue weighted by molar-refractivity contribution is 0.340. The maximum Gasteiger partial charge on any atom is -0.0236 e. The first kappa shape index (κ1) is 12.7. The Balaban J connectivity index is 3.77. The highest BCUT2D eigenvalue weighted by molar-refractivity contribution is 4.86. The Morgan fingerprint density at radius 2 is 1.77 bits per heavy atom. The van der Waals surface area contributed by atoms with Crippen LogP contribution in [0.4, 0.5) is 0 Å². The summed E-state index contributed by atoms with van der Waals surface area (Å²) in [5, 5.41) is 0. The van der Waals surface area contributed by atoms with E-state index in [4.69, 9.17) is 0 Å². The van der Waals surface area contributed by atoms with Gasteiger partial charge in [-0.05, 0) is 31.1 Å². The van der Waals surface area contributed by atoms with Gasteiger partial charge in [-0.15, -0.1) is 0 Å². The third-order valence-corrected chi connectivity index (χ3v) is 2.95. The summed E-state index contributed by atoms with van der Waals surface area (Å²) in [6, 6.07) is 0. The molecular formula is C13H26. The van der Waals surface area contributed by atoms with Crippen molar-refractivity contribution < 1.29 is 0 Å². The molecular weight excluding hydrogens is 156 g/mol. The fourth-order valence-corrected chi connectivity index (χ4v) is 1.95. The van der Waals surface area contributed by atoms with E-state index in [1.165, 1.54) is 19.3 Å². The third-order valence-electron chi connectivity index (χ3n) is 2.95. The largest absolute Gasteiger partial charge is 0.0914 e. The van der Waals surface area contributed by atoms with Crippen molar-refractivity contribution in [3.63, 3.8) is 0 Å². The summed E-state index contributed by atoms with van der Waals surface area (Å²) < 4.78 is 0. The quantitative estimate of drug-likeness (QED) is 0.524. The van der Waals surface area contributed by atoms with Crippen LogP contribution in [0.5, 0.6) is 0 Å². The van der Waals surface area contributed by atoms with E-state index in [1.807, 2.05) is 0 Å². The topological polar surface area (TPSA) is 0 Å². The van der Waals surface area contributed by atoms with Crippen LogP contribution in [-0.4, -0.2) is 0 Å². The highest BCUT2D eigenvalue weighted by atomic mass is 14.2. The van der Waals surface area contributed by atoms with Crippen LogP contribution in [0.3, 0.4) is 0 Å². The highest BCUT2D eigenvalue weighted by Crippen LogP contribution is 2.23. The van der Waals surface area contributed by atoms with Crippen LogP contribution in [0.25, 0.3) is 0 Å². The molecule has 0 amide bonds. The van der Waals surface area contributed by atoms with E-state index in [0.29, 0.717) is 0 Å². The third kappa shape index (κ3) is 5.90. The van der Waals surface area contributed by atoms with Gasteiger partial charge in [0.05, 0.1) is 0 Å². The molecule has 3 unspecified atom stereocenters. The van der Waals surface area contributed by atoms with Crippen LogP contribution in [0.15, 0.2) is 12.2 Å². The molecule has 3 atom stereocenters. The fourth-order valence-electron chi connectivity index (χ4n) is 1.95. The molecule has 0 heterocycles. The summed E-state index contributed by atoms with van der Waals surface area (Å²) in [7, 11) is 0. The van der Waals surface area contributed by atoms with Gasteiger partial charge in [0.1, 0.15) is 0 Å². The molecule has 78 valence electrons. The van der Waals surface area contributed by atoms with Crippen LogP contribution in [0, 0.1) is 17.8 Å². The molecule has 0 bridgehead atoms. The molecule has 0 nitrogen and oxygen atoms in total. The molecule has 0 rings (SSSR count). The first-order valence-corrected chi connectivity index (χ1v) is 5.74. The summed E-state index contributed by atoms with van der Waals surface area (Å²) in [6.45, 7) is 11.5. The van der Waals surface area contributed by atoms with Gasteiger partial charge >= 0.3 is 0 Å². The second-order valence-electron chi connectivity index (χ2n) is 4.49. The molecule has 0 saturated carbocycles. The minimum Gasteiger partial charge on any atom is -0.0914 e. The minimum atomic E-state index is 0.740. The Bertz CT molecular complexity index is 135. The van der Waals surface area contributed by atoms with E-state index in [2.05, 4.69) is 46.8 Å². The van der Waals surface area contributed by atoms with Crippen molar-refractivity contribution in [1.29, 1.82) is 0 Å². The molecule has 0 aliphatic heterocycles. The number of allylic oxidation sites excluding steroid dienone is 2. The standard InChI is InChI=1S/C13H26/c1-6-8-11(3)10-13(5)12(4)9-7-2/h7,9,11-13H,6,8,10H2,1-5H3. The zero-order chi connectivity index (χ0) is 10.3. The van der Waals surface area contributed by atoms with Crippen molar-refractivity contribution in [3.8, 4) is 0 Å². The van der Waals surface area contributed by atoms with E-state index >= 15 is 0 Å². The molecule has 0 heteroatoms. The van der Waals surface area contributed by atoms with Crippen molar-refractivity contribution in [1.82, 2.24) is 0 Å². The molecule has 0 N–H and O–H groups in total. The highest BCUT2D eigenvalue weighted by Gasteiger charge is 2.12.